The molecule has 0 radical (unpaired) electrons. The highest BCUT2D eigenvalue weighted by molar-refractivity contribution is 5.92. The molecule has 0 saturated carbocycles. The molecule has 0 spiro atoms. The van der Waals surface area contributed by atoms with E-state index in [4.69, 9.17) is 15.2 Å². The number of carbonyl (C=O) groups is 2. The lowest BCUT2D eigenvalue weighted by atomic mass is 10.1. The predicted octanol–water partition coefficient (Wildman–Crippen LogP) is 1.24. The Labute approximate surface area is 133 Å². The van der Waals surface area contributed by atoms with Gasteiger partial charge in [0.05, 0.1) is 0 Å². The van der Waals surface area contributed by atoms with Gasteiger partial charge in [-0.25, -0.2) is 0 Å². The molecule has 0 saturated heterocycles. The summed E-state index contributed by atoms with van der Waals surface area (Å²) in [5, 5.41) is 2.77. The molecule has 2 aromatic carbocycles. The molecule has 23 heavy (non-hydrogen) atoms. The fourth-order valence-corrected chi connectivity index (χ4v) is 2.29. The summed E-state index contributed by atoms with van der Waals surface area (Å²) in [4.78, 5) is 23.3. The molecule has 1 aliphatic rings. The first-order valence-corrected chi connectivity index (χ1v) is 7.18. The van der Waals surface area contributed by atoms with Crippen molar-refractivity contribution in [1.29, 1.82) is 0 Å². The molecule has 0 bridgehead atoms. The number of para-hydroxylation sites is 2. The highest BCUT2D eigenvalue weighted by Gasteiger charge is 2.26. The zero-order valence-corrected chi connectivity index (χ0v) is 12.3. The van der Waals surface area contributed by atoms with E-state index in [2.05, 4.69) is 5.32 Å². The minimum absolute atomic E-state index is 0.157. The lowest BCUT2D eigenvalue weighted by Gasteiger charge is -2.25. The molecule has 1 unspecified atom stereocenters. The summed E-state index contributed by atoms with van der Waals surface area (Å²) < 4.78 is 11.1. The Kier molecular flexibility index (Phi) is 4.14. The van der Waals surface area contributed by atoms with Crippen molar-refractivity contribution in [2.24, 2.45) is 5.73 Å². The topological polar surface area (TPSA) is 90.7 Å². The van der Waals surface area contributed by atoms with Crippen LogP contribution in [0.1, 0.15) is 15.9 Å². The van der Waals surface area contributed by atoms with Gasteiger partial charge >= 0.3 is 0 Å². The van der Waals surface area contributed by atoms with Crippen LogP contribution in [0.25, 0.3) is 0 Å². The van der Waals surface area contributed by atoms with Gasteiger partial charge in [0.25, 0.3) is 5.91 Å². The number of ether oxygens (including phenoxy) is 2. The number of benzene rings is 2. The van der Waals surface area contributed by atoms with Gasteiger partial charge in [-0.3, -0.25) is 9.59 Å². The van der Waals surface area contributed by atoms with Crippen molar-refractivity contribution in [2.45, 2.75) is 12.6 Å². The van der Waals surface area contributed by atoms with Gasteiger partial charge < -0.3 is 20.5 Å². The molecule has 1 aliphatic heterocycles. The largest absolute Gasteiger partial charge is 0.485 e. The maximum absolute atomic E-state index is 12.2. The summed E-state index contributed by atoms with van der Waals surface area (Å²) in [6, 6.07) is 14.0. The summed E-state index contributed by atoms with van der Waals surface area (Å²) in [6.07, 6.45) is -0.704. The number of nitrogens with one attached hydrogen (secondary N) is 1. The highest BCUT2D eigenvalue weighted by Crippen LogP contribution is 2.30. The maximum Gasteiger partial charge on any atom is 0.264 e. The van der Waals surface area contributed by atoms with E-state index in [0.717, 1.165) is 5.56 Å². The average Bonchev–Trinajstić information content (AvgIpc) is 2.59. The number of hydrogen-bond acceptors (Lipinski definition) is 4. The smallest absolute Gasteiger partial charge is 0.264 e. The van der Waals surface area contributed by atoms with Crippen LogP contribution < -0.4 is 20.5 Å². The molecule has 118 valence electrons. The molecule has 2 aromatic rings. The fraction of sp³-hybridized carbons (Fsp3) is 0.176. The van der Waals surface area contributed by atoms with E-state index in [-0.39, 0.29) is 19.1 Å². The number of primary amides is 1. The summed E-state index contributed by atoms with van der Waals surface area (Å²) >= 11 is 0. The third-order valence-corrected chi connectivity index (χ3v) is 3.48. The number of hydrogen-bond donors (Lipinski definition) is 2. The van der Waals surface area contributed by atoms with Gasteiger partial charge in [-0.2, -0.15) is 0 Å². The Morgan fingerprint density at radius 1 is 1.13 bits per heavy atom. The minimum atomic E-state index is -0.704. The summed E-state index contributed by atoms with van der Waals surface area (Å²) in [6.45, 7) is 0.436. The quantitative estimate of drug-likeness (QED) is 0.888. The molecule has 6 nitrogen and oxygen atoms in total. The number of amides is 2. The second-order valence-corrected chi connectivity index (χ2v) is 5.15. The maximum atomic E-state index is 12.2. The van der Waals surface area contributed by atoms with Crippen molar-refractivity contribution in [3.8, 4) is 11.5 Å². The molecule has 2 amide bonds. The molecule has 3 rings (SSSR count). The first-order chi connectivity index (χ1) is 11.1. The Hall–Kier alpha value is -3.02. The lowest BCUT2D eigenvalue weighted by molar-refractivity contribution is -0.130. The first-order valence-electron chi connectivity index (χ1n) is 7.18. The van der Waals surface area contributed by atoms with Crippen molar-refractivity contribution in [3.05, 3.63) is 59.7 Å². The summed E-state index contributed by atoms with van der Waals surface area (Å²) in [7, 11) is 0. The van der Waals surface area contributed by atoms with Crippen LogP contribution in [0.4, 0.5) is 0 Å². The number of fused-ring (bicyclic) bond motifs is 1. The van der Waals surface area contributed by atoms with Crippen LogP contribution in [0.5, 0.6) is 11.5 Å². The van der Waals surface area contributed by atoms with E-state index in [1.807, 2.05) is 12.1 Å². The Bertz CT molecular complexity index is 745. The molecule has 0 aromatic heterocycles. The van der Waals surface area contributed by atoms with Gasteiger partial charge in [0.1, 0.15) is 6.61 Å². The third-order valence-electron chi connectivity index (χ3n) is 3.48. The van der Waals surface area contributed by atoms with E-state index in [1.54, 1.807) is 36.4 Å². The molecule has 3 N–H and O–H groups in total. The van der Waals surface area contributed by atoms with Crippen LogP contribution in [0.15, 0.2) is 48.5 Å². The molecule has 0 fully saturated rings. The number of nitrogens with two attached hydrogens (primary N) is 1. The average molecular weight is 312 g/mol. The van der Waals surface area contributed by atoms with Gasteiger partial charge in [-0.05, 0) is 29.8 Å². The van der Waals surface area contributed by atoms with E-state index in [9.17, 15) is 9.59 Å². The van der Waals surface area contributed by atoms with Crippen molar-refractivity contribution in [2.75, 3.05) is 6.61 Å². The van der Waals surface area contributed by atoms with Gasteiger partial charge in [0.2, 0.25) is 12.0 Å². The SMILES string of the molecule is NC(=O)c1cccc(CNC(=O)C2COc3ccccc3O2)c1. The minimum Gasteiger partial charge on any atom is -0.485 e. The van der Waals surface area contributed by atoms with Gasteiger partial charge in [0, 0.05) is 12.1 Å². The van der Waals surface area contributed by atoms with Crippen LogP contribution in [-0.2, 0) is 11.3 Å². The first kappa shape index (κ1) is 14.9. The molecule has 0 aliphatic carbocycles. The van der Waals surface area contributed by atoms with Crippen LogP contribution in [0.2, 0.25) is 0 Å². The van der Waals surface area contributed by atoms with Crippen LogP contribution in [0.3, 0.4) is 0 Å². The van der Waals surface area contributed by atoms with Gasteiger partial charge in [-0.1, -0.05) is 24.3 Å². The lowest BCUT2D eigenvalue weighted by Crippen LogP contribution is -2.43. The Balaban J connectivity index is 1.60. The monoisotopic (exact) mass is 312 g/mol. The van der Waals surface area contributed by atoms with Crippen molar-refractivity contribution in [1.82, 2.24) is 5.32 Å². The second-order valence-electron chi connectivity index (χ2n) is 5.15. The van der Waals surface area contributed by atoms with E-state index < -0.39 is 12.0 Å². The molecular formula is C17H16N2O4. The predicted molar refractivity (Wildman–Crippen MR) is 83.2 cm³/mol. The molecule has 6 heteroatoms. The van der Waals surface area contributed by atoms with Crippen LogP contribution in [-0.4, -0.2) is 24.5 Å². The highest BCUT2D eigenvalue weighted by atomic mass is 16.6. The van der Waals surface area contributed by atoms with E-state index in [0.29, 0.717) is 17.1 Å². The van der Waals surface area contributed by atoms with Crippen molar-refractivity contribution < 1.29 is 19.1 Å². The van der Waals surface area contributed by atoms with Crippen molar-refractivity contribution in [3.63, 3.8) is 0 Å². The second kappa shape index (κ2) is 6.39. The summed E-state index contributed by atoms with van der Waals surface area (Å²) in [5.74, 6) is 0.406. The molecule has 1 atom stereocenters. The zero-order chi connectivity index (χ0) is 16.2. The fourth-order valence-electron chi connectivity index (χ4n) is 2.29. The molecular weight excluding hydrogens is 296 g/mol. The van der Waals surface area contributed by atoms with E-state index >= 15 is 0 Å². The van der Waals surface area contributed by atoms with Crippen LogP contribution >= 0.6 is 0 Å². The number of rotatable bonds is 4. The zero-order valence-electron chi connectivity index (χ0n) is 12.3. The van der Waals surface area contributed by atoms with Crippen LogP contribution in [0, 0.1) is 0 Å². The Morgan fingerprint density at radius 3 is 2.70 bits per heavy atom. The third kappa shape index (κ3) is 3.42. The van der Waals surface area contributed by atoms with E-state index in [1.165, 1.54) is 0 Å². The Morgan fingerprint density at radius 2 is 1.91 bits per heavy atom. The number of carbonyl (C=O) groups excluding carboxylic acids is 2. The normalized spacial score (nSPS) is 15.7. The standard InChI is InChI=1S/C17H16N2O4/c18-16(20)12-5-3-4-11(8-12)9-19-17(21)15-10-22-13-6-1-2-7-14(13)23-15/h1-8,15H,9-10H2,(H2,18,20)(H,19,21). The molecule has 1 heterocycles. The van der Waals surface area contributed by atoms with Crippen molar-refractivity contribution >= 4 is 11.8 Å². The summed E-state index contributed by atoms with van der Waals surface area (Å²) in [5.41, 5.74) is 6.43. The van der Waals surface area contributed by atoms with Gasteiger partial charge in [0.15, 0.2) is 11.5 Å². The van der Waals surface area contributed by atoms with Gasteiger partial charge in [-0.15, -0.1) is 0 Å².